The summed E-state index contributed by atoms with van der Waals surface area (Å²) >= 11 is 0. The van der Waals surface area contributed by atoms with Crippen molar-refractivity contribution in [2.24, 2.45) is 0 Å². The van der Waals surface area contributed by atoms with Crippen LogP contribution in [0.4, 0.5) is 15.8 Å². The first-order valence-corrected chi connectivity index (χ1v) is 12.1. The molecule has 182 valence electrons. The summed E-state index contributed by atoms with van der Waals surface area (Å²) in [6, 6.07) is 14.2. The highest BCUT2D eigenvalue weighted by atomic mass is 32.2. The lowest BCUT2D eigenvalue weighted by atomic mass is 10.1. The highest BCUT2D eigenvalue weighted by Gasteiger charge is 2.15. The van der Waals surface area contributed by atoms with Gasteiger partial charge in [-0.15, -0.1) is 0 Å². The van der Waals surface area contributed by atoms with E-state index in [4.69, 9.17) is 4.74 Å². The zero-order valence-corrected chi connectivity index (χ0v) is 20.3. The van der Waals surface area contributed by atoms with E-state index in [0.717, 1.165) is 41.2 Å². The van der Waals surface area contributed by atoms with Crippen LogP contribution in [0.5, 0.6) is 0 Å². The minimum absolute atomic E-state index is 0.0712. The molecule has 0 aliphatic rings. The standard InChI is InChI=1S/C25H25FN4O4S/c1-17-14-19(18(2)30(17)12-13-34-3)15-20(16-27)25(31)28-22-6-8-23(9-7-22)29-35(32,33)24-10-4-21(26)5-11-24/h4-11,14-15,29H,12-13H2,1-3H3,(H,28,31)/b20-15+. The maximum absolute atomic E-state index is 13.1. The van der Waals surface area contributed by atoms with Crippen LogP contribution in [0.2, 0.25) is 0 Å². The molecule has 0 atom stereocenters. The maximum Gasteiger partial charge on any atom is 0.266 e. The highest BCUT2D eigenvalue weighted by Crippen LogP contribution is 2.21. The van der Waals surface area contributed by atoms with Gasteiger partial charge >= 0.3 is 0 Å². The summed E-state index contributed by atoms with van der Waals surface area (Å²) in [6.45, 7) is 5.06. The second-order valence-electron chi connectivity index (χ2n) is 7.73. The van der Waals surface area contributed by atoms with Crippen LogP contribution in [0, 0.1) is 31.0 Å². The van der Waals surface area contributed by atoms with Crippen molar-refractivity contribution in [2.45, 2.75) is 25.3 Å². The van der Waals surface area contributed by atoms with E-state index in [2.05, 4.69) is 10.0 Å². The van der Waals surface area contributed by atoms with E-state index in [1.807, 2.05) is 30.6 Å². The third kappa shape index (κ3) is 6.35. The lowest BCUT2D eigenvalue weighted by molar-refractivity contribution is -0.112. The van der Waals surface area contributed by atoms with Crippen molar-refractivity contribution in [3.05, 3.63) is 82.9 Å². The van der Waals surface area contributed by atoms with Crippen LogP contribution in [-0.2, 0) is 26.1 Å². The van der Waals surface area contributed by atoms with Crippen molar-refractivity contribution in [3.63, 3.8) is 0 Å². The van der Waals surface area contributed by atoms with Gasteiger partial charge in [-0.3, -0.25) is 9.52 Å². The molecule has 0 bridgehead atoms. The monoisotopic (exact) mass is 496 g/mol. The highest BCUT2D eigenvalue weighted by molar-refractivity contribution is 7.92. The van der Waals surface area contributed by atoms with Crippen LogP contribution in [0.15, 0.2) is 65.1 Å². The fourth-order valence-corrected chi connectivity index (χ4v) is 4.51. The summed E-state index contributed by atoms with van der Waals surface area (Å²) in [5.41, 5.74) is 3.23. The number of benzene rings is 2. The van der Waals surface area contributed by atoms with Gasteiger partial charge in [0.15, 0.2) is 0 Å². The summed E-state index contributed by atoms with van der Waals surface area (Å²) in [5.74, 6) is -1.13. The molecule has 3 rings (SSSR count). The minimum atomic E-state index is -3.90. The molecule has 3 aromatic rings. The number of anilines is 2. The third-order valence-corrected chi connectivity index (χ3v) is 6.71. The Balaban J connectivity index is 1.71. The number of aryl methyl sites for hydroxylation is 1. The van der Waals surface area contributed by atoms with E-state index in [1.54, 1.807) is 7.11 Å². The lowest BCUT2D eigenvalue weighted by Gasteiger charge is -2.10. The molecule has 0 unspecified atom stereocenters. The molecule has 0 aliphatic heterocycles. The molecule has 1 heterocycles. The molecule has 0 saturated heterocycles. The first-order chi connectivity index (χ1) is 16.6. The van der Waals surface area contributed by atoms with Crippen molar-refractivity contribution in [1.29, 1.82) is 5.26 Å². The molecular formula is C25H25FN4O4S. The zero-order chi connectivity index (χ0) is 25.6. The van der Waals surface area contributed by atoms with Crippen LogP contribution in [0.3, 0.4) is 0 Å². The number of nitrogens with zero attached hydrogens (tertiary/aromatic N) is 2. The average molecular weight is 497 g/mol. The second kappa shape index (κ2) is 11.0. The van der Waals surface area contributed by atoms with Crippen LogP contribution >= 0.6 is 0 Å². The number of nitrogens with one attached hydrogen (secondary N) is 2. The smallest absolute Gasteiger partial charge is 0.266 e. The van der Waals surface area contributed by atoms with E-state index in [-0.39, 0.29) is 16.2 Å². The lowest BCUT2D eigenvalue weighted by Crippen LogP contribution is -2.14. The number of halogens is 1. The molecule has 0 fully saturated rings. The fraction of sp³-hybridized carbons (Fsp3) is 0.200. The largest absolute Gasteiger partial charge is 0.383 e. The number of carbonyl (C=O) groups is 1. The Kier molecular flexibility index (Phi) is 8.06. The molecule has 0 spiro atoms. The molecule has 0 aliphatic carbocycles. The minimum Gasteiger partial charge on any atom is -0.383 e. The molecule has 0 radical (unpaired) electrons. The Morgan fingerprint density at radius 3 is 2.34 bits per heavy atom. The van der Waals surface area contributed by atoms with E-state index >= 15 is 0 Å². The molecule has 10 heteroatoms. The van der Waals surface area contributed by atoms with E-state index < -0.39 is 21.7 Å². The first kappa shape index (κ1) is 25.7. The number of aromatic nitrogens is 1. The van der Waals surface area contributed by atoms with Gasteiger partial charge in [0.25, 0.3) is 15.9 Å². The van der Waals surface area contributed by atoms with Gasteiger partial charge in [-0.25, -0.2) is 12.8 Å². The number of sulfonamides is 1. The molecule has 1 aromatic heterocycles. The first-order valence-electron chi connectivity index (χ1n) is 10.6. The molecule has 8 nitrogen and oxygen atoms in total. The number of ether oxygens (including phenoxy) is 1. The predicted molar refractivity (Wildman–Crippen MR) is 132 cm³/mol. The Hall–Kier alpha value is -3.94. The van der Waals surface area contributed by atoms with Gasteiger partial charge in [-0.05, 0) is 80.1 Å². The quantitative estimate of drug-likeness (QED) is 0.340. The predicted octanol–water partition coefficient (Wildman–Crippen LogP) is 4.24. The van der Waals surface area contributed by atoms with Gasteiger partial charge in [0.2, 0.25) is 0 Å². The number of hydrogen-bond acceptors (Lipinski definition) is 5. The second-order valence-corrected chi connectivity index (χ2v) is 9.41. The van der Waals surface area contributed by atoms with Crippen LogP contribution in [-0.4, -0.2) is 32.6 Å². The normalized spacial score (nSPS) is 11.7. The molecule has 2 N–H and O–H groups in total. The molecule has 35 heavy (non-hydrogen) atoms. The number of nitriles is 1. The van der Waals surface area contributed by atoms with Crippen LogP contribution < -0.4 is 10.0 Å². The molecule has 1 amide bonds. The Morgan fingerprint density at radius 1 is 1.11 bits per heavy atom. The van der Waals surface area contributed by atoms with Crippen LogP contribution in [0.25, 0.3) is 6.08 Å². The van der Waals surface area contributed by atoms with Crippen molar-refractivity contribution in [3.8, 4) is 6.07 Å². The number of methoxy groups -OCH3 is 1. The Labute approximate surface area is 203 Å². The van der Waals surface area contributed by atoms with Crippen molar-refractivity contribution in [2.75, 3.05) is 23.8 Å². The molecular weight excluding hydrogens is 471 g/mol. The summed E-state index contributed by atoms with van der Waals surface area (Å²) < 4.78 is 47.5. The fourth-order valence-electron chi connectivity index (χ4n) is 3.45. The van der Waals surface area contributed by atoms with Crippen molar-refractivity contribution in [1.82, 2.24) is 4.57 Å². The van der Waals surface area contributed by atoms with Gasteiger partial charge < -0.3 is 14.6 Å². The molecule has 0 saturated carbocycles. The topological polar surface area (TPSA) is 113 Å². The van der Waals surface area contributed by atoms with Gasteiger partial charge in [0.1, 0.15) is 17.5 Å². The van der Waals surface area contributed by atoms with Gasteiger partial charge in [0, 0.05) is 36.4 Å². The van der Waals surface area contributed by atoms with Crippen molar-refractivity contribution >= 4 is 33.4 Å². The summed E-state index contributed by atoms with van der Waals surface area (Å²) in [5, 5.41) is 12.2. The van der Waals surface area contributed by atoms with E-state index in [0.29, 0.717) is 18.8 Å². The molecule has 2 aromatic carbocycles. The number of carbonyl (C=O) groups excluding carboxylic acids is 1. The SMILES string of the molecule is COCCn1c(C)cc(/C=C(\C#N)C(=O)Nc2ccc(NS(=O)(=O)c3ccc(F)cc3)cc2)c1C. The van der Waals surface area contributed by atoms with Gasteiger partial charge in [0.05, 0.1) is 11.5 Å². The van der Waals surface area contributed by atoms with Gasteiger partial charge in [-0.2, -0.15) is 5.26 Å². The number of amides is 1. The maximum atomic E-state index is 13.1. The number of hydrogen-bond donors (Lipinski definition) is 2. The third-order valence-electron chi connectivity index (χ3n) is 5.32. The van der Waals surface area contributed by atoms with E-state index in [1.165, 1.54) is 30.3 Å². The Morgan fingerprint density at radius 2 is 1.74 bits per heavy atom. The van der Waals surface area contributed by atoms with E-state index in [9.17, 15) is 22.9 Å². The van der Waals surface area contributed by atoms with Gasteiger partial charge in [-0.1, -0.05) is 0 Å². The van der Waals surface area contributed by atoms with Crippen LogP contribution in [0.1, 0.15) is 17.0 Å². The number of rotatable bonds is 9. The van der Waals surface area contributed by atoms with Crippen molar-refractivity contribution < 1.29 is 22.3 Å². The Bertz CT molecular complexity index is 1390. The zero-order valence-electron chi connectivity index (χ0n) is 19.5. The summed E-state index contributed by atoms with van der Waals surface area (Å²) in [4.78, 5) is 12.6. The summed E-state index contributed by atoms with van der Waals surface area (Å²) in [6.07, 6.45) is 1.53. The average Bonchev–Trinajstić information content (AvgIpc) is 3.09. The summed E-state index contributed by atoms with van der Waals surface area (Å²) in [7, 11) is -2.27.